The summed E-state index contributed by atoms with van der Waals surface area (Å²) in [7, 11) is 0. The fourth-order valence-corrected chi connectivity index (χ4v) is 4.12. The monoisotopic (exact) mass is 294 g/mol. The van der Waals surface area contributed by atoms with Gasteiger partial charge in [-0.25, -0.2) is 0 Å². The van der Waals surface area contributed by atoms with Crippen molar-refractivity contribution in [3.63, 3.8) is 0 Å². The zero-order valence-electron chi connectivity index (χ0n) is 13.2. The number of rotatable bonds is 2. The first kappa shape index (κ1) is 15.4. The van der Waals surface area contributed by atoms with E-state index < -0.39 is 0 Å². The van der Waals surface area contributed by atoms with E-state index in [1.54, 1.807) is 11.3 Å². The molecule has 0 saturated heterocycles. The van der Waals surface area contributed by atoms with Gasteiger partial charge in [0.15, 0.2) is 0 Å². The average Bonchev–Trinajstić information content (AvgIpc) is 2.61. The summed E-state index contributed by atoms with van der Waals surface area (Å²) in [6, 6.07) is 0.142. The van der Waals surface area contributed by atoms with Crippen molar-refractivity contribution in [2.24, 2.45) is 11.3 Å². The Bertz CT molecular complexity index is 511. The van der Waals surface area contributed by atoms with Crippen LogP contribution >= 0.6 is 11.3 Å². The minimum atomic E-state index is -0.00999. The Morgan fingerprint density at radius 2 is 2.05 bits per heavy atom. The zero-order chi connectivity index (χ0) is 15.1. The smallest absolute Gasteiger partial charge is 0.254 e. The van der Waals surface area contributed by atoms with Crippen LogP contribution in [0.1, 0.15) is 61.8 Å². The lowest BCUT2D eigenvalue weighted by molar-refractivity contribution is 0.0943. The molecule has 112 valence electrons. The molecule has 0 unspecified atom stereocenters. The summed E-state index contributed by atoms with van der Waals surface area (Å²) in [4.78, 5) is 13.6. The van der Waals surface area contributed by atoms with Gasteiger partial charge < -0.3 is 11.1 Å². The van der Waals surface area contributed by atoms with Crippen molar-refractivity contribution in [1.82, 2.24) is 5.32 Å². The molecule has 0 spiro atoms. The van der Waals surface area contributed by atoms with Crippen LogP contribution in [0.5, 0.6) is 0 Å². The summed E-state index contributed by atoms with van der Waals surface area (Å²) >= 11 is 1.61. The highest BCUT2D eigenvalue weighted by atomic mass is 32.1. The van der Waals surface area contributed by atoms with Gasteiger partial charge in [0.1, 0.15) is 0 Å². The van der Waals surface area contributed by atoms with Crippen LogP contribution < -0.4 is 11.1 Å². The Hall–Kier alpha value is -1.03. The van der Waals surface area contributed by atoms with Crippen molar-refractivity contribution in [3.05, 3.63) is 16.0 Å². The lowest BCUT2D eigenvalue weighted by Crippen LogP contribution is -2.32. The number of anilines is 1. The van der Waals surface area contributed by atoms with Crippen LogP contribution in [-0.2, 0) is 12.8 Å². The fraction of sp³-hybridized carbons (Fsp3) is 0.688. The molecule has 2 rings (SSSR count). The van der Waals surface area contributed by atoms with Crippen LogP contribution in [-0.4, -0.2) is 11.9 Å². The van der Waals surface area contributed by atoms with Crippen LogP contribution in [0.25, 0.3) is 0 Å². The third-order valence-corrected chi connectivity index (χ3v) is 5.25. The Morgan fingerprint density at radius 1 is 1.40 bits per heavy atom. The van der Waals surface area contributed by atoms with Gasteiger partial charge in [-0.1, -0.05) is 20.8 Å². The number of nitrogen functional groups attached to an aromatic ring is 1. The minimum absolute atomic E-state index is 0.00999. The molecule has 0 aliphatic heterocycles. The van der Waals surface area contributed by atoms with Gasteiger partial charge in [0.05, 0.1) is 10.6 Å². The number of amides is 1. The topological polar surface area (TPSA) is 55.1 Å². The van der Waals surface area contributed by atoms with Gasteiger partial charge in [0, 0.05) is 10.9 Å². The third-order valence-electron chi connectivity index (χ3n) is 4.16. The quantitative estimate of drug-likeness (QED) is 0.875. The third kappa shape index (κ3) is 3.00. The molecule has 1 atom stereocenters. The largest absolute Gasteiger partial charge is 0.390 e. The van der Waals surface area contributed by atoms with E-state index in [-0.39, 0.29) is 11.9 Å². The number of carbonyl (C=O) groups excluding carboxylic acids is 1. The number of nitrogens with one attached hydrogen (secondary N) is 1. The second kappa shape index (κ2) is 5.40. The van der Waals surface area contributed by atoms with Crippen LogP contribution in [0.4, 0.5) is 5.00 Å². The molecule has 0 radical (unpaired) electrons. The van der Waals surface area contributed by atoms with E-state index in [0.717, 1.165) is 24.8 Å². The standard InChI is InChI=1S/C16H26N2OS/c1-9(2)18-15(19)13-11-7-6-10(16(3,4)5)8-12(11)20-14(13)17/h9-10H,6-8,17H2,1-5H3,(H,18,19)/t10-/m1/s1. The molecule has 0 bridgehead atoms. The van der Waals surface area contributed by atoms with E-state index in [1.807, 2.05) is 13.8 Å². The van der Waals surface area contributed by atoms with Gasteiger partial charge in [-0.2, -0.15) is 0 Å². The van der Waals surface area contributed by atoms with Gasteiger partial charge in [-0.3, -0.25) is 4.79 Å². The summed E-state index contributed by atoms with van der Waals surface area (Å²) in [5.41, 5.74) is 8.37. The van der Waals surface area contributed by atoms with Gasteiger partial charge in [-0.15, -0.1) is 11.3 Å². The molecule has 1 aromatic rings. The highest BCUT2D eigenvalue weighted by Crippen LogP contribution is 2.43. The van der Waals surface area contributed by atoms with Crippen molar-refractivity contribution in [3.8, 4) is 0 Å². The summed E-state index contributed by atoms with van der Waals surface area (Å²) in [5.74, 6) is 0.665. The van der Waals surface area contributed by atoms with Gasteiger partial charge in [0.25, 0.3) is 5.91 Å². The van der Waals surface area contributed by atoms with Crippen LogP contribution in [0.15, 0.2) is 0 Å². The highest BCUT2D eigenvalue weighted by molar-refractivity contribution is 7.16. The number of hydrogen-bond donors (Lipinski definition) is 2. The summed E-state index contributed by atoms with van der Waals surface area (Å²) < 4.78 is 0. The predicted octanol–water partition coefficient (Wildman–Crippen LogP) is 3.62. The number of nitrogens with two attached hydrogens (primary N) is 1. The van der Waals surface area contributed by atoms with E-state index in [2.05, 4.69) is 26.1 Å². The zero-order valence-corrected chi connectivity index (χ0v) is 14.0. The molecule has 1 aliphatic rings. The molecular weight excluding hydrogens is 268 g/mol. The van der Waals surface area contributed by atoms with Gasteiger partial charge in [-0.05, 0) is 50.0 Å². The first-order valence-electron chi connectivity index (χ1n) is 7.41. The van der Waals surface area contributed by atoms with Crippen LogP contribution in [0, 0.1) is 11.3 Å². The number of carbonyl (C=O) groups is 1. The van der Waals surface area contributed by atoms with Crippen molar-refractivity contribution < 1.29 is 4.79 Å². The molecule has 0 saturated carbocycles. The van der Waals surface area contributed by atoms with E-state index in [1.165, 1.54) is 10.4 Å². The van der Waals surface area contributed by atoms with Crippen molar-refractivity contribution >= 4 is 22.2 Å². The predicted molar refractivity (Wildman–Crippen MR) is 86.3 cm³/mol. The molecule has 3 N–H and O–H groups in total. The maximum atomic E-state index is 12.3. The van der Waals surface area contributed by atoms with Crippen LogP contribution in [0.2, 0.25) is 0 Å². The minimum Gasteiger partial charge on any atom is -0.390 e. The molecule has 0 fully saturated rings. The average molecular weight is 294 g/mol. The highest BCUT2D eigenvalue weighted by Gasteiger charge is 2.33. The lowest BCUT2D eigenvalue weighted by atomic mass is 9.72. The molecule has 1 amide bonds. The second-order valence-electron chi connectivity index (χ2n) is 7.18. The van der Waals surface area contributed by atoms with Gasteiger partial charge in [0.2, 0.25) is 0 Å². The van der Waals surface area contributed by atoms with E-state index >= 15 is 0 Å². The second-order valence-corrected chi connectivity index (χ2v) is 8.31. The summed E-state index contributed by atoms with van der Waals surface area (Å²) in [5, 5.41) is 3.65. The van der Waals surface area contributed by atoms with Crippen LogP contribution in [0.3, 0.4) is 0 Å². The molecule has 1 aliphatic carbocycles. The number of thiophene rings is 1. The maximum absolute atomic E-state index is 12.3. The van der Waals surface area contributed by atoms with E-state index in [4.69, 9.17) is 5.73 Å². The first-order valence-corrected chi connectivity index (χ1v) is 8.22. The Morgan fingerprint density at radius 3 is 2.60 bits per heavy atom. The Labute approximate surface area is 125 Å². The van der Waals surface area contributed by atoms with E-state index in [9.17, 15) is 4.79 Å². The lowest BCUT2D eigenvalue weighted by Gasteiger charge is -2.33. The first-order chi connectivity index (χ1) is 9.20. The molecule has 4 heteroatoms. The van der Waals surface area contributed by atoms with Crippen molar-refractivity contribution in [2.75, 3.05) is 5.73 Å². The molecule has 20 heavy (non-hydrogen) atoms. The molecule has 0 aromatic carbocycles. The molecule has 1 aromatic heterocycles. The van der Waals surface area contributed by atoms with Crippen molar-refractivity contribution in [1.29, 1.82) is 0 Å². The van der Waals surface area contributed by atoms with Crippen molar-refractivity contribution in [2.45, 2.75) is 59.9 Å². The number of hydrogen-bond acceptors (Lipinski definition) is 3. The fourth-order valence-electron chi connectivity index (χ4n) is 2.93. The molecular formula is C16H26N2OS. The van der Waals surface area contributed by atoms with Gasteiger partial charge >= 0.3 is 0 Å². The number of fused-ring (bicyclic) bond motifs is 1. The summed E-state index contributed by atoms with van der Waals surface area (Å²) in [6.07, 6.45) is 3.18. The normalized spacial score (nSPS) is 19.0. The Balaban J connectivity index is 2.28. The molecule has 1 heterocycles. The Kier molecular flexibility index (Phi) is 4.14. The SMILES string of the molecule is CC(C)NC(=O)c1c(N)sc2c1CC[C@@H](C(C)(C)C)C2. The molecule has 3 nitrogen and oxygen atoms in total. The maximum Gasteiger partial charge on any atom is 0.254 e. The summed E-state index contributed by atoms with van der Waals surface area (Å²) in [6.45, 7) is 10.8. The van der Waals surface area contributed by atoms with E-state index in [0.29, 0.717) is 16.3 Å².